The van der Waals surface area contributed by atoms with Crippen LogP contribution < -0.4 is 9.46 Å². The van der Waals surface area contributed by atoms with Gasteiger partial charge in [0.05, 0.1) is 34.9 Å². The van der Waals surface area contributed by atoms with E-state index in [9.17, 15) is 13.5 Å². The second-order valence-corrected chi connectivity index (χ2v) is 9.78. The average Bonchev–Trinajstić information content (AvgIpc) is 3.12. The minimum atomic E-state index is -3.85. The summed E-state index contributed by atoms with van der Waals surface area (Å²) >= 11 is 7.37. The van der Waals surface area contributed by atoms with E-state index >= 15 is 0 Å². The quantitative estimate of drug-likeness (QED) is 0.380. The van der Waals surface area contributed by atoms with Crippen LogP contribution in [0.1, 0.15) is 25.5 Å². The second kappa shape index (κ2) is 11.8. The zero-order chi connectivity index (χ0) is 22.1. The van der Waals surface area contributed by atoms with Gasteiger partial charge in [0, 0.05) is 24.9 Å². The van der Waals surface area contributed by atoms with Crippen molar-refractivity contribution in [3.05, 3.63) is 34.3 Å². The monoisotopic (exact) mass is 477 g/mol. The van der Waals surface area contributed by atoms with Crippen molar-refractivity contribution in [1.29, 1.82) is 0 Å². The molecule has 0 amide bonds. The molecule has 0 spiro atoms. The Balaban J connectivity index is 1.95. The number of thiazole rings is 1. The van der Waals surface area contributed by atoms with Gasteiger partial charge in [-0.05, 0) is 38.1 Å². The summed E-state index contributed by atoms with van der Waals surface area (Å²) in [5.41, 5.74) is 0.637. The molecule has 1 heterocycles. The molecule has 0 aliphatic rings. The fraction of sp³-hybridized carbons (Fsp3) is 0.526. The molecular weight excluding hydrogens is 450 g/mol. The first-order valence-electron chi connectivity index (χ1n) is 9.62. The number of halogens is 1. The van der Waals surface area contributed by atoms with Gasteiger partial charge in [-0.1, -0.05) is 18.5 Å². The molecule has 0 bridgehead atoms. The van der Waals surface area contributed by atoms with E-state index in [0.717, 1.165) is 24.3 Å². The Kier molecular flexibility index (Phi) is 9.79. The molecule has 2 aromatic rings. The zero-order valence-electron chi connectivity index (χ0n) is 17.0. The normalized spacial score (nSPS) is 12.9. The lowest BCUT2D eigenvalue weighted by molar-refractivity contribution is 0.170. The second-order valence-electron chi connectivity index (χ2n) is 6.84. The predicted molar refractivity (Wildman–Crippen MR) is 119 cm³/mol. The summed E-state index contributed by atoms with van der Waals surface area (Å²) in [5.74, 6) is 0.408. The third-order valence-corrected chi connectivity index (χ3v) is 6.89. The maximum atomic E-state index is 12.6. The largest absolute Gasteiger partial charge is 0.492 e. The summed E-state index contributed by atoms with van der Waals surface area (Å²) in [6, 6.07) is 4.29. The number of rotatable bonds is 13. The topological polar surface area (TPSA) is 112 Å². The first-order chi connectivity index (χ1) is 14.2. The smallest absolute Gasteiger partial charge is 0.263 e. The Morgan fingerprint density at radius 3 is 2.80 bits per heavy atom. The van der Waals surface area contributed by atoms with Crippen LogP contribution in [0.3, 0.4) is 0 Å². The Bertz CT molecular complexity index is 907. The number of benzene rings is 1. The molecule has 0 aliphatic heterocycles. The average molecular weight is 478 g/mol. The summed E-state index contributed by atoms with van der Waals surface area (Å²) < 4.78 is 33.3. The van der Waals surface area contributed by atoms with E-state index in [1.807, 2.05) is 18.9 Å². The number of hydrogen-bond donors (Lipinski definition) is 3. The van der Waals surface area contributed by atoms with Gasteiger partial charge >= 0.3 is 0 Å². The van der Waals surface area contributed by atoms with Crippen LogP contribution >= 0.6 is 22.9 Å². The molecule has 2 rings (SSSR count). The van der Waals surface area contributed by atoms with E-state index in [-0.39, 0.29) is 21.7 Å². The molecule has 0 saturated carbocycles. The van der Waals surface area contributed by atoms with Crippen molar-refractivity contribution in [1.82, 2.24) is 9.88 Å². The number of ether oxygens (including phenoxy) is 1. The summed E-state index contributed by atoms with van der Waals surface area (Å²) in [7, 11) is -1.94. The molecule has 3 N–H and O–H groups in total. The van der Waals surface area contributed by atoms with Gasteiger partial charge in [-0.15, -0.1) is 11.3 Å². The lowest BCUT2D eigenvalue weighted by atomic mass is 10.2. The summed E-state index contributed by atoms with van der Waals surface area (Å²) in [6.07, 6.45) is 1.22. The Morgan fingerprint density at radius 1 is 1.37 bits per heavy atom. The Morgan fingerprint density at radius 2 is 2.13 bits per heavy atom. The molecule has 0 fully saturated rings. The highest BCUT2D eigenvalue weighted by molar-refractivity contribution is 7.93. The summed E-state index contributed by atoms with van der Waals surface area (Å²) in [4.78, 5) is 6.21. The summed E-state index contributed by atoms with van der Waals surface area (Å²) in [5, 5.41) is 20.7. The molecule has 8 nitrogen and oxygen atoms in total. The minimum absolute atomic E-state index is 0.00729. The van der Waals surface area contributed by atoms with Crippen LogP contribution in [0, 0.1) is 0 Å². The molecule has 168 valence electrons. The highest BCUT2D eigenvalue weighted by atomic mass is 35.5. The van der Waals surface area contributed by atoms with Gasteiger partial charge < -0.3 is 19.8 Å². The Hall–Kier alpha value is -1.43. The van der Waals surface area contributed by atoms with Crippen LogP contribution in [0.15, 0.2) is 28.5 Å². The highest BCUT2D eigenvalue weighted by Crippen LogP contribution is 2.29. The van der Waals surface area contributed by atoms with Crippen molar-refractivity contribution in [3.63, 3.8) is 0 Å². The van der Waals surface area contributed by atoms with E-state index in [2.05, 4.69) is 9.71 Å². The van der Waals surface area contributed by atoms with Crippen molar-refractivity contribution in [3.8, 4) is 5.75 Å². The van der Waals surface area contributed by atoms with Gasteiger partial charge in [-0.25, -0.2) is 13.4 Å². The number of hydrogen-bond acceptors (Lipinski definition) is 8. The predicted octanol–water partition coefficient (Wildman–Crippen LogP) is 2.60. The van der Waals surface area contributed by atoms with Gasteiger partial charge in [-0.3, -0.25) is 4.72 Å². The van der Waals surface area contributed by atoms with Crippen LogP contribution in [0.25, 0.3) is 0 Å². The zero-order valence-corrected chi connectivity index (χ0v) is 19.4. The summed E-state index contributed by atoms with van der Waals surface area (Å²) in [6.45, 7) is 3.76. The van der Waals surface area contributed by atoms with Crippen molar-refractivity contribution in [2.45, 2.75) is 37.2 Å². The molecule has 0 radical (unpaired) electrons. The number of aliphatic hydroxyl groups is 2. The third kappa shape index (κ3) is 7.68. The molecule has 0 saturated heterocycles. The van der Waals surface area contributed by atoms with E-state index in [1.165, 1.54) is 18.2 Å². The first-order valence-corrected chi connectivity index (χ1v) is 12.4. The highest BCUT2D eigenvalue weighted by Gasteiger charge is 2.18. The number of anilines is 1. The van der Waals surface area contributed by atoms with Gasteiger partial charge in [0.1, 0.15) is 5.75 Å². The Labute approximate surface area is 186 Å². The van der Waals surface area contributed by atoms with E-state index in [4.69, 9.17) is 21.4 Å². The molecule has 11 heteroatoms. The fourth-order valence-electron chi connectivity index (χ4n) is 2.57. The van der Waals surface area contributed by atoms with Crippen LogP contribution in [0.4, 0.5) is 5.13 Å². The SMILES string of the molecule is CCC(O)Cc1csc(NS(=O)(=O)c2ccc(OCCCN(C)CCO)c(Cl)c2)n1. The molecule has 1 aromatic carbocycles. The van der Waals surface area contributed by atoms with Crippen molar-refractivity contribution in [2.75, 3.05) is 38.1 Å². The number of nitrogens with one attached hydrogen (secondary N) is 1. The number of aliphatic hydroxyl groups excluding tert-OH is 2. The van der Waals surface area contributed by atoms with Gasteiger partial charge in [0.15, 0.2) is 5.13 Å². The number of sulfonamides is 1. The van der Waals surface area contributed by atoms with Crippen LogP contribution in [-0.4, -0.2) is 68.0 Å². The van der Waals surface area contributed by atoms with Crippen LogP contribution in [0.2, 0.25) is 5.02 Å². The number of nitrogens with zero attached hydrogens (tertiary/aromatic N) is 2. The molecule has 1 atom stereocenters. The van der Waals surface area contributed by atoms with E-state index < -0.39 is 16.1 Å². The van der Waals surface area contributed by atoms with Crippen LogP contribution in [0.5, 0.6) is 5.75 Å². The van der Waals surface area contributed by atoms with Gasteiger partial charge in [0.2, 0.25) is 0 Å². The third-order valence-electron chi connectivity index (χ3n) is 4.33. The molecule has 30 heavy (non-hydrogen) atoms. The lowest BCUT2D eigenvalue weighted by Gasteiger charge is -2.15. The maximum absolute atomic E-state index is 12.6. The van der Waals surface area contributed by atoms with Crippen LogP contribution in [-0.2, 0) is 16.4 Å². The van der Waals surface area contributed by atoms with E-state index in [1.54, 1.807) is 5.38 Å². The van der Waals surface area contributed by atoms with Crippen molar-refractivity contribution in [2.24, 2.45) is 0 Å². The van der Waals surface area contributed by atoms with Crippen molar-refractivity contribution < 1.29 is 23.4 Å². The minimum Gasteiger partial charge on any atom is -0.492 e. The number of likely N-dealkylation sites (N-methyl/N-ethyl adjacent to an activating group) is 1. The molecule has 1 unspecified atom stereocenters. The molecule has 0 aliphatic carbocycles. The number of aromatic nitrogens is 1. The van der Waals surface area contributed by atoms with E-state index in [0.29, 0.717) is 37.4 Å². The van der Waals surface area contributed by atoms with Gasteiger partial charge in [-0.2, -0.15) is 0 Å². The standard InChI is InChI=1S/C19H28ClN3O5S2/c1-3-15(25)11-14-13-29-19(21-14)22-30(26,27)16-5-6-18(17(20)12-16)28-10-4-7-23(2)8-9-24/h5-6,12-13,15,24-25H,3-4,7-11H2,1-2H3,(H,21,22). The lowest BCUT2D eigenvalue weighted by Crippen LogP contribution is -2.24. The fourth-order valence-corrected chi connectivity index (χ4v) is 4.87. The van der Waals surface area contributed by atoms with Crippen molar-refractivity contribution >= 4 is 38.1 Å². The van der Waals surface area contributed by atoms with Gasteiger partial charge in [0.25, 0.3) is 10.0 Å². The molecule has 1 aromatic heterocycles. The maximum Gasteiger partial charge on any atom is 0.263 e. The first kappa shape index (κ1) is 24.8. The molecular formula is C19H28ClN3O5S2.